The van der Waals surface area contributed by atoms with Crippen molar-refractivity contribution in [3.63, 3.8) is 0 Å². The predicted molar refractivity (Wildman–Crippen MR) is 333 cm³/mol. The van der Waals surface area contributed by atoms with E-state index in [-0.39, 0.29) is 32.0 Å². The van der Waals surface area contributed by atoms with Gasteiger partial charge in [0.15, 0.2) is 6.10 Å². The largest absolute Gasteiger partial charge is 0.756 e. The highest BCUT2D eigenvalue weighted by Gasteiger charge is 2.22. The van der Waals surface area contributed by atoms with Gasteiger partial charge in [0.2, 0.25) is 0 Å². The van der Waals surface area contributed by atoms with E-state index < -0.39 is 26.5 Å². The van der Waals surface area contributed by atoms with Gasteiger partial charge in [0.25, 0.3) is 7.82 Å². The summed E-state index contributed by atoms with van der Waals surface area (Å²) in [5.74, 6) is -0.810. The number of nitrogens with zero attached hydrogens (tertiary/aromatic N) is 1. The number of phosphoric ester groups is 1. The molecule has 0 aromatic heterocycles. The van der Waals surface area contributed by atoms with Crippen LogP contribution in [0.4, 0.5) is 0 Å². The third-order valence-corrected chi connectivity index (χ3v) is 16.7. The summed E-state index contributed by atoms with van der Waals surface area (Å²) in [5, 5.41) is 0. The van der Waals surface area contributed by atoms with E-state index >= 15 is 0 Å². The normalized spacial score (nSPS) is 13.2. The Kier molecular flexibility index (Phi) is 59.4. The first-order valence-electron chi connectivity index (χ1n) is 34.4. The van der Waals surface area contributed by atoms with Crippen LogP contribution in [0.25, 0.3) is 0 Å². The van der Waals surface area contributed by atoms with Gasteiger partial charge < -0.3 is 27.9 Å². The lowest BCUT2D eigenvalue weighted by Crippen LogP contribution is -2.37. The molecule has 9 nitrogen and oxygen atoms in total. The molecule has 0 bridgehead atoms. The summed E-state index contributed by atoms with van der Waals surface area (Å²) in [7, 11) is 1.19. The van der Waals surface area contributed by atoms with Crippen molar-refractivity contribution < 1.29 is 42.1 Å². The number of hydrogen-bond donors (Lipinski definition) is 0. The fourth-order valence-corrected chi connectivity index (χ4v) is 11.2. The lowest BCUT2D eigenvalue weighted by Gasteiger charge is -2.28. The van der Waals surface area contributed by atoms with Crippen LogP contribution in [0.15, 0.2) is 12.2 Å². The molecular formula is C68H134NO8P. The van der Waals surface area contributed by atoms with Crippen LogP contribution in [0.3, 0.4) is 0 Å². The molecule has 0 spiro atoms. The smallest absolute Gasteiger partial charge is 0.306 e. The van der Waals surface area contributed by atoms with Gasteiger partial charge in [-0.05, 0) is 38.5 Å². The molecule has 0 fully saturated rings. The molecular weight excluding hydrogens is 990 g/mol. The van der Waals surface area contributed by atoms with Gasteiger partial charge in [0, 0.05) is 12.8 Å². The first-order chi connectivity index (χ1) is 38.0. The average molecular weight is 1120 g/mol. The number of carbonyl (C=O) groups is 2. The molecule has 78 heavy (non-hydrogen) atoms. The van der Waals surface area contributed by atoms with Crippen molar-refractivity contribution in [3.05, 3.63) is 12.2 Å². The molecule has 0 rings (SSSR count). The third-order valence-electron chi connectivity index (χ3n) is 15.8. The fraction of sp³-hybridized carbons (Fsp3) is 0.941. The van der Waals surface area contributed by atoms with Crippen LogP contribution in [-0.2, 0) is 32.7 Å². The summed E-state index contributed by atoms with van der Waals surface area (Å²) < 4.78 is 34.3. The van der Waals surface area contributed by atoms with Gasteiger partial charge in [-0.25, -0.2) is 0 Å². The van der Waals surface area contributed by atoms with Gasteiger partial charge in [0.1, 0.15) is 19.8 Å². The maximum atomic E-state index is 12.8. The molecule has 464 valence electrons. The number of likely N-dealkylation sites (N-methyl/N-ethyl adjacent to an activating group) is 1. The number of carbonyl (C=O) groups excluding carboxylic acids is 2. The molecule has 0 N–H and O–H groups in total. The van der Waals surface area contributed by atoms with E-state index in [4.69, 9.17) is 18.5 Å². The molecule has 10 heteroatoms. The van der Waals surface area contributed by atoms with Gasteiger partial charge >= 0.3 is 11.9 Å². The van der Waals surface area contributed by atoms with E-state index in [1.165, 1.54) is 289 Å². The molecule has 0 heterocycles. The third kappa shape index (κ3) is 63.9. The SMILES string of the molecule is CCCCCCCCCC/C=C\CCCCCCCCCCCCCC(=O)OC(COC(=O)CCCCCCCCCCCCCCCCCCCCCCCCCCCCCCCCC)COP(=O)([O-])OCC[N+](C)(C)C. The van der Waals surface area contributed by atoms with E-state index in [0.717, 1.165) is 38.5 Å². The number of esters is 2. The minimum Gasteiger partial charge on any atom is -0.756 e. The standard InChI is InChI=1S/C68H134NO8P/c1-6-8-10-12-14-16-18-20-22-24-26-28-30-31-32-33-34-35-36-37-39-40-42-44-46-48-50-52-54-56-58-60-67(70)74-64-66(65-76-78(72,73)75-63-62-69(3,4)5)77-68(71)61-59-57-55-53-51-49-47-45-43-41-38-29-27-25-23-21-19-17-15-13-11-9-7-2/h25,27,66H,6-24,26,28-65H2,1-5H3/b27-25-. The van der Waals surface area contributed by atoms with E-state index in [0.29, 0.717) is 17.4 Å². The highest BCUT2D eigenvalue weighted by molar-refractivity contribution is 7.45. The zero-order valence-corrected chi connectivity index (χ0v) is 53.8. The second-order valence-corrected chi connectivity index (χ2v) is 26.3. The topological polar surface area (TPSA) is 111 Å². The van der Waals surface area contributed by atoms with E-state index in [1.807, 2.05) is 21.1 Å². The second-order valence-electron chi connectivity index (χ2n) is 24.9. The van der Waals surface area contributed by atoms with Gasteiger partial charge in [-0.3, -0.25) is 14.2 Å². The molecule has 0 aromatic rings. The van der Waals surface area contributed by atoms with Crippen molar-refractivity contribution in [2.24, 2.45) is 0 Å². The van der Waals surface area contributed by atoms with Gasteiger partial charge in [-0.2, -0.15) is 0 Å². The summed E-state index contributed by atoms with van der Waals surface area (Å²) >= 11 is 0. The van der Waals surface area contributed by atoms with Crippen LogP contribution in [0.1, 0.15) is 361 Å². The zero-order chi connectivity index (χ0) is 57.0. The van der Waals surface area contributed by atoms with Gasteiger partial charge in [-0.1, -0.05) is 321 Å². The van der Waals surface area contributed by atoms with Crippen LogP contribution < -0.4 is 4.89 Å². The molecule has 0 radical (unpaired) electrons. The number of allylic oxidation sites excluding steroid dienone is 2. The monoisotopic (exact) mass is 1120 g/mol. The Labute approximate surface area is 486 Å². The predicted octanol–water partition coefficient (Wildman–Crippen LogP) is 21.3. The van der Waals surface area contributed by atoms with Crippen molar-refractivity contribution in [1.29, 1.82) is 0 Å². The molecule has 2 atom stereocenters. The molecule has 0 aliphatic rings. The van der Waals surface area contributed by atoms with Crippen molar-refractivity contribution >= 4 is 19.8 Å². The van der Waals surface area contributed by atoms with Crippen molar-refractivity contribution in [2.75, 3.05) is 47.5 Å². The van der Waals surface area contributed by atoms with Gasteiger partial charge in [0.05, 0.1) is 27.7 Å². The molecule has 0 aliphatic heterocycles. The molecule has 2 unspecified atom stereocenters. The quantitative estimate of drug-likeness (QED) is 0.0195. The Bertz CT molecular complexity index is 1320. The fourth-order valence-electron chi connectivity index (χ4n) is 10.5. The molecule has 0 saturated carbocycles. The minimum atomic E-state index is -4.64. The Morgan fingerprint density at radius 2 is 0.654 bits per heavy atom. The second kappa shape index (κ2) is 60.3. The first kappa shape index (κ1) is 76.8. The number of hydrogen-bond acceptors (Lipinski definition) is 8. The molecule has 0 amide bonds. The van der Waals surface area contributed by atoms with Crippen molar-refractivity contribution in [1.82, 2.24) is 0 Å². The first-order valence-corrected chi connectivity index (χ1v) is 35.9. The number of quaternary nitrogens is 1. The number of rotatable bonds is 65. The molecule has 0 aromatic carbocycles. The minimum absolute atomic E-state index is 0.0268. The lowest BCUT2D eigenvalue weighted by atomic mass is 10.0. The number of unbranched alkanes of at least 4 members (excludes halogenated alkanes) is 49. The van der Waals surface area contributed by atoms with Crippen LogP contribution >= 0.6 is 7.82 Å². The van der Waals surface area contributed by atoms with Crippen LogP contribution in [0.2, 0.25) is 0 Å². The van der Waals surface area contributed by atoms with Crippen molar-refractivity contribution in [2.45, 2.75) is 367 Å². The van der Waals surface area contributed by atoms with Gasteiger partial charge in [-0.15, -0.1) is 0 Å². The summed E-state index contributed by atoms with van der Waals surface area (Å²) in [4.78, 5) is 38.0. The van der Waals surface area contributed by atoms with E-state index in [1.54, 1.807) is 0 Å². The maximum Gasteiger partial charge on any atom is 0.306 e. The Balaban J connectivity index is 3.98. The van der Waals surface area contributed by atoms with Crippen molar-refractivity contribution in [3.8, 4) is 0 Å². The summed E-state index contributed by atoms with van der Waals surface area (Å²) in [6.07, 6.45) is 73.0. The maximum absolute atomic E-state index is 12.8. The van der Waals surface area contributed by atoms with E-state index in [9.17, 15) is 19.0 Å². The summed E-state index contributed by atoms with van der Waals surface area (Å²) in [6, 6.07) is 0. The lowest BCUT2D eigenvalue weighted by molar-refractivity contribution is -0.870. The highest BCUT2D eigenvalue weighted by atomic mass is 31.2. The average Bonchev–Trinajstić information content (AvgIpc) is 3.40. The Morgan fingerprint density at radius 1 is 0.385 bits per heavy atom. The Hall–Kier alpha value is -1.25. The molecule has 0 saturated heterocycles. The number of phosphoric acid groups is 1. The summed E-state index contributed by atoms with van der Waals surface area (Å²) in [5.41, 5.74) is 0. The van der Waals surface area contributed by atoms with E-state index in [2.05, 4.69) is 26.0 Å². The molecule has 0 aliphatic carbocycles. The Morgan fingerprint density at radius 3 is 0.949 bits per heavy atom. The highest BCUT2D eigenvalue weighted by Crippen LogP contribution is 2.38. The van der Waals surface area contributed by atoms with Crippen LogP contribution in [0.5, 0.6) is 0 Å². The number of ether oxygens (including phenoxy) is 2. The zero-order valence-electron chi connectivity index (χ0n) is 52.9. The summed E-state index contributed by atoms with van der Waals surface area (Å²) in [6.45, 7) is 4.32. The van der Waals surface area contributed by atoms with Crippen LogP contribution in [-0.4, -0.2) is 70.0 Å². The van der Waals surface area contributed by atoms with Crippen LogP contribution in [0, 0.1) is 0 Å².